The van der Waals surface area contributed by atoms with E-state index in [0.29, 0.717) is 18.4 Å². The second kappa shape index (κ2) is 6.38. The number of aromatic nitrogens is 1. The summed E-state index contributed by atoms with van der Waals surface area (Å²) in [6, 6.07) is 14.0. The minimum Gasteiger partial charge on any atom is -0.512 e. The molecule has 0 bridgehead atoms. The molecule has 4 rings (SSSR count). The number of para-hydroxylation sites is 1. The molecule has 3 aromatic rings. The molecule has 0 spiro atoms. The number of Topliss-reactive ketones (excluding diaryl/α,β-unsaturated/α-hetero) is 1. The number of carbonyl (C=O) groups is 1. The zero-order valence-electron chi connectivity index (χ0n) is 15.4. The minimum atomic E-state index is -0.439. The molecule has 1 aliphatic rings. The molecule has 0 saturated carbocycles. The topological polar surface area (TPSA) is 53.1 Å². The Labute approximate surface area is 157 Å². The van der Waals surface area contributed by atoms with Gasteiger partial charge in [0.05, 0.1) is 0 Å². The molecule has 2 aromatic carbocycles. The highest BCUT2D eigenvalue weighted by molar-refractivity contribution is 6.00. The van der Waals surface area contributed by atoms with Gasteiger partial charge in [-0.15, -0.1) is 0 Å². The molecule has 1 aliphatic carbocycles. The largest absolute Gasteiger partial charge is 0.512 e. The molecule has 1 heterocycles. The minimum absolute atomic E-state index is 0.0524. The number of hydrogen-bond acceptors (Lipinski definition) is 2. The number of aromatic amines is 1. The molecule has 27 heavy (non-hydrogen) atoms. The van der Waals surface area contributed by atoms with Gasteiger partial charge in [-0.1, -0.05) is 44.2 Å². The van der Waals surface area contributed by atoms with Crippen molar-refractivity contribution in [2.75, 3.05) is 0 Å². The fourth-order valence-corrected chi connectivity index (χ4v) is 4.12. The molecule has 0 saturated heterocycles. The second-order valence-corrected chi connectivity index (χ2v) is 8.08. The first-order valence-electron chi connectivity index (χ1n) is 9.12. The van der Waals surface area contributed by atoms with Crippen molar-refractivity contribution in [1.29, 1.82) is 0 Å². The molecule has 1 aromatic heterocycles. The summed E-state index contributed by atoms with van der Waals surface area (Å²) < 4.78 is 13.5. The van der Waals surface area contributed by atoms with Gasteiger partial charge in [-0.05, 0) is 34.7 Å². The van der Waals surface area contributed by atoms with Gasteiger partial charge in [-0.25, -0.2) is 4.39 Å². The van der Waals surface area contributed by atoms with E-state index in [1.54, 1.807) is 12.1 Å². The van der Waals surface area contributed by atoms with Gasteiger partial charge in [0.1, 0.15) is 11.6 Å². The number of benzene rings is 2. The van der Waals surface area contributed by atoms with E-state index in [0.717, 1.165) is 22.0 Å². The van der Waals surface area contributed by atoms with Crippen molar-refractivity contribution in [3.05, 3.63) is 83.0 Å². The van der Waals surface area contributed by atoms with Crippen molar-refractivity contribution in [3.8, 4) is 0 Å². The maximum atomic E-state index is 13.5. The maximum Gasteiger partial charge on any atom is 0.163 e. The van der Waals surface area contributed by atoms with Crippen molar-refractivity contribution in [2.45, 2.75) is 32.6 Å². The Balaban J connectivity index is 1.95. The van der Waals surface area contributed by atoms with Crippen LogP contribution in [0.3, 0.4) is 0 Å². The summed E-state index contributed by atoms with van der Waals surface area (Å²) >= 11 is 0. The molecule has 1 atom stereocenters. The summed E-state index contributed by atoms with van der Waals surface area (Å²) in [6.07, 6.45) is 2.71. The first kappa shape index (κ1) is 17.5. The van der Waals surface area contributed by atoms with E-state index >= 15 is 0 Å². The summed E-state index contributed by atoms with van der Waals surface area (Å²) in [7, 11) is 0. The Morgan fingerprint density at radius 1 is 1.07 bits per heavy atom. The van der Waals surface area contributed by atoms with Crippen LogP contribution >= 0.6 is 0 Å². The summed E-state index contributed by atoms with van der Waals surface area (Å²) in [5.41, 5.74) is 2.81. The number of aliphatic hydroxyl groups is 1. The summed E-state index contributed by atoms with van der Waals surface area (Å²) in [5, 5.41) is 11.8. The van der Waals surface area contributed by atoms with Crippen LogP contribution in [-0.4, -0.2) is 15.9 Å². The zero-order chi connectivity index (χ0) is 19.2. The molecule has 0 amide bonds. The fraction of sp³-hybridized carbons (Fsp3) is 0.261. The van der Waals surface area contributed by atoms with Gasteiger partial charge in [-0.3, -0.25) is 4.79 Å². The average molecular weight is 363 g/mol. The molecule has 3 nitrogen and oxygen atoms in total. The van der Waals surface area contributed by atoms with Crippen molar-refractivity contribution >= 4 is 16.7 Å². The van der Waals surface area contributed by atoms with E-state index in [1.165, 1.54) is 12.1 Å². The monoisotopic (exact) mass is 363 g/mol. The normalized spacial score (nSPS) is 18.1. The number of hydrogen-bond donors (Lipinski definition) is 2. The van der Waals surface area contributed by atoms with Crippen LogP contribution < -0.4 is 0 Å². The summed E-state index contributed by atoms with van der Waals surface area (Å²) in [5.74, 6) is -0.685. The lowest BCUT2D eigenvalue weighted by molar-refractivity contribution is -0.118. The molecular formula is C23H22FNO2. The predicted octanol–water partition coefficient (Wildman–Crippen LogP) is 5.64. The molecule has 4 heteroatoms. The van der Waals surface area contributed by atoms with E-state index < -0.39 is 5.92 Å². The van der Waals surface area contributed by atoms with Crippen LogP contribution in [0.15, 0.2) is 66.1 Å². The third-order valence-electron chi connectivity index (χ3n) is 5.32. The van der Waals surface area contributed by atoms with Crippen molar-refractivity contribution in [3.63, 3.8) is 0 Å². The highest BCUT2D eigenvalue weighted by Crippen LogP contribution is 2.44. The lowest BCUT2D eigenvalue weighted by atomic mass is 9.71. The molecule has 1 unspecified atom stereocenters. The van der Waals surface area contributed by atoms with Crippen LogP contribution in [-0.2, 0) is 4.79 Å². The molecule has 138 valence electrons. The van der Waals surface area contributed by atoms with Crippen LogP contribution in [0.5, 0.6) is 0 Å². The number of nitrogens with one attached hydrogen (secondary N) is 1. The molecule has 2 N–H and O–H groups in total. The quantitative estimate of drug-likeness (QED) is 0.633. The average Bonchev–Trinajstić information content (AvgIpc) is 3.02. The number of aliphatic hydroxyl groups excluding tert-OH is 1. The smallest absolute Gasteiger partial charge is 0.163 e. The molecule has 0 aliphatic heterocycles. The van der Waals surface area contributed by atoms with Gasteiger partial charge < -0.3 is 10.1 Å². The third-order valence-corrected chi connectivity index (χ3v) is 5.32. The maximum absolute atomic E-state index is 13.5. The van der Waals surface area contributed by atoms with E-state index in [2.05, 4.69) is 4.98 Å². The van der Waals surface area contributed by atoms with Gasteiger partial charge in [0, 0.05) is 41.4 Å². The third kappa shape index (κ3) is 3.16. The standard InChI is InChI=1S/C23H22FNO2/c1-23(2)11-19(26)22(20(27)12-23)21(14-7-9-15(24)10-8-14)17-13-25-18-6-4-3-5-16(17)18/h3-10,13,21,25-26H,11-12H2,1-2H3. The van der Waals surface area contributed by atoms with Crippen molar-refractivity contribution < 1.29 is 14.3 Å². The number of fused-ring (bicyclic) bond motifs is 1. The number of allylic oxidation sites excluding steroid dienone is 2. The van der Waals surface area contributed by atoms with Gasteiger partial charge in [-0.2, -0.15) is 0 Å². The lowest BCUT2D eigenvalue weighted by Gasteiger charge is -2.32. The molecular weight excluding hydrogens is 341 g/mol. The van der Waals surface area contributed by atoms with Gasteiger partial charge in [0.25, 0.3) is 0 Å². The van der Waals surface area contributed by atoms with Crippen LogP contribution in [0.1, 0.15) is 43.7 Å². The Morgan fingerprint density at radius 2 is 1.78 bits per heavy atom. The Bertz CT molecular complexity index is 1040. The second-order valence-electron chi connectivity index (χ2n) is 8.08. The first-order chi connectivity index (χ1) is 12.9. The number of ketones is 1. The number of rotatable bonds is 3. The van der Waals surface area contributed by atoms with Crippen molar-refractivity contribution in [2.24, 2.45) is 5.41 Å². The van der Waals surface area contributed by atoms with Gasteiger partial charge >= 0.3 is 0 Å². The first-order valence-corrected chi connectivity index (χ1v) is 9.12. The Morgan fingerprint density at radius 3 is 2.48 bits per heavy atom. The van der Waals surface area contributed by atoms with Gasteiger partial charge in [0.15, 0.2) is 5.78 Å². The lowest BCUT2D eigenvalue weighted by Crippen LogP contribution is -2.28. The predicted molar refractivity (Wildman–Crippen MR) is 104 cm³/mol. The van der Waals surface area contributed by atoms with Crippen LogP contribution in [0.2, 0.25) is 0 Å². The van der Waals surface area contributed by atoms with E-state index in [9.17, 15) is 14.3 Å². The number of H-pyrrole nitrogens is 1. The fourth-order valence-electron chi connectivity index (χ4n) is 4.12. The van der Waals surface area contributed by atoms with E-state index in [1.807, 2.05) is 44.3 Å². The van der Waals surface area contributed by atoms with E-state index in [4.69, 9.17) is 0 Å². The van der Waals surface area contributed by atoms with Crippen molar-refractivity contribution in [1.82, 2.24) is 4.98 Å². The van der Waals surface area contributed by atoms with Crippen LogP contribution in [0.4, 0.5) is 4.39 Å². The highest BCUT2D eigenvalue weighted by Gasteiger charge is 2.38. The summed E-state index contributed by atoms with van der Waals surface area (Å²) in [4.78, 5) is 16.3. The SMILES string of the molecule is CC1(C)CC(=O)C(C(c2ccc(F)cc2)c2c[nH]c3ccccc23)=C(O)C1. The number of carbonyl (C=O) groups excluding carboxylic acids is 1. The zero-order valence-corrected chi connectivity index (χ0v) is 15.4. The van der Waals surface area contributed by atoms with Crippen LogP contribution in [0.25, 0.3) is 10.9 Å². The number of halogens is 1. The highest BCUT2D eigenvalue weighted by atomic mass is 19.1. The van der Waals surface area contributed by atoms with Gasteiger partial charge in [0.2, 0.25) is 0 Å². The Hall–Kier alpha value is -2.88. The van der Waals surface area contributed by atoms with E-state index in [-0.39, 0.29) is 22.8 Å². The van der Waals surface area contributed by atoms with Crippen LogP contribution in [0, 0.1) is 11.2 Å². The summed E-state index contributed by atoms with van der Waals surface area (Å²) in [6.45, 7) is 3.97. The Kier molecular flexibility index (Phi) is 4.14. The molecule has 0 radical (unpaired) electrons. The molecule has 0 fully saturated rings.